The normalized spacial score (nSPS) is 19.0. The van der Waals surface area contributed by atoms with Crippen molar-refractivity contribution >= 4 is 10.0 Å². The molecule has 1 fully saturated rings. The maximum absolute atomic E-state index is 13.3. The molecule has 2 aromatic heterocycles. The van der Waals surface area contributed by atoms with Gasteiger partial charge < -0.3 is 9.30 Å². The molecule has 0 radical (unpaired) electrons. The number of aromatic nitrogens is 4. The molecule has 0 bridgehead atoms. The Morgan fingerprint density at radius 1 is 1.11 bits per heavy atom. The van der Waals surface area contributed by atoms with Gasteiger partial charge in [0.1, 0.15) is 12.7 Å². The van der Waals surface area contributed by atoms with Gasteiger partial charge in [0, 0.05) is 29.9 Å². The van der Waals surface area contributed by atoms with Gasteiger partial charge in [-0.15, -0.1) is 10.2 Å². The number of nitrogens with zero attached hydrogens (tertiary/aromatic N) is 4. The average molecular weight is 510 g/mol. The van der Waals surface area contributed by atoms with Crippen LogP contribution >= 0.6 is 0 Å². The van der Waals surface area contributed by atoms with E-state index in [0.717, 1.165) is 19.3 Å². The van der Waals surface area contributed by atoms with Gasteiger partial charge in [-0.25, -0.2) is 18.1 Å². The zero-order valence-corrected chi connectivity index (χ0v) is 19.9. The molecule has 0 saturated heterocycles. The Morgan fingerprint density at radius 3 is 2.51 bits per heavy atom. The fourth-order valence-corrected chi connectivity index (χ4v) is 5.89. The predicted octanol–water partition coefficient (Wildman–Crippen LogP) is 4.31. The minimum absolute atomic E-state index is 0.137. The summed E-state index contributed by atoms with van der Waals surface area (Å²) in [6, 6.07) is 7.89. The Balaban J connectivity index is 1.48. The lowest BCUT2D eigenvalue weighted by Crippen LogP contribution is -2.39. The maximum atomic E-state index is 13.3. The number of hydrogen-bond donors (Lipinski definition) is 1. The van der Waals surface area contributed by atoms with Crippen molar-refractivity contribution in [3.63, 3.8) is 0 Å². The van der Waals surface area contributed by atoms with Crippen molar-refractivity contribution in [2.75, 3.05) is 6.61 Å². The standard InChI is InChI=1S/C23H26F3N5O3S/c1-2-16-10-17(18-7-9-22(27-12-18)34-13-23(24,25)26)6-8-21(16)35(32,33)30-19-4-3-5-20(11-19)31-14-28-29-15-31/h6-10,12,14-15,19-20,30H,2-5,11,13H2,1H3/t19-,20+/m0/s1. The third-order valence-corrected chi connectivity index (χ3v) is 7.63. The van der Waals surface area contributed by atoms with E-state index in [0.29, 0.717) is 29.5 Å². The Kier molecular flexibility index (Phi) is 7.41. The monoisotopic (exact) mass is 509 g/mol. The van der Waals surface area contributed by atoms with Crippen molar-refractivity contribution in [2.45, 2.75) is 62.2 Å². The molecular weight excluding hydrogens is 483 g/mol. The molecule has 8 nitrogen and oxygen atoms in total. The fourth-order valence-electron chi connectivity index (χ4n) is 4.31. The van der Waals surface area contributed by atoms with Gasteiger partial charge in [0.2, 0.25) is 15.9 Å². The predicted molar refractivity (Wildman–Crippen MR) is 122 cm³/mol. The Labute approximate surface area is 201 Å². The first-order chi connectivity index (χ1) is 16.6. The summed E-state index contributed by atoms with van der Waals surface area (Å²) in [4.78, 5) is 4.14. The number of nitrogens with one attached hydrogen (secondary N) is 1. The third-order valence-electron chi connectivity index (χ3n) is 6.01. The minimum Gasteiger partial charge on any atom is -0.468 e. The van der Waals surface area contributed by atoms with Gasteiger partial charge in [0.15, 0.2) is 6.61 Å². The Hall–Kier alpha value is -2.99. The van der Waals surface area contributed by atoms with Crippen LogP contribution in [0.15, 0.2) is 54.1 Å². The van der Waals surface area contributed by atoms with Crippen LogP contribution in [0.2, 0.25) is 0 Å². The second-order valence-electron chi connectivity index (χ2n) is 8.51. The van der Waals surface area contributed by atoms with E-state index < -0.39 is 22.8 Å². The highest BCUT2D eigenvalue weighted by Gasteiger charge is 2.29. The molecule has 2 atom stereocenters. The number of alkyl halides is 3. The van der Waals surface area contributed by atoms with Crippen LogP contribution in [0.1, 0.15) is 44.2 Å². The van der Waals surface area contributed by atoms with E-state index in [1.54, 1.807) is 36.9 Å². The van der Waals surface area contributed by atoms with Crippen molar-refractivity contribution in [3.05, 3.63) is 54.7 Å². The Bertz CT molecular complexity index is 1230. The SMILES string of the molecule is CCc1cc(-c2ccc(OCC(F)(F)F)nc2)ccc1S(=O)(=O)N[C@H]1CCC[C@@H](n2cnnc2)C1. The van der Waals surface area contributed by atoms with Gasteiger partial charge in [0.05, 0.1) is 4.90 Å². The van der Waals surface area contributed by atoms with Crippen LogP contribution in [-0.4, -0.2) is 47.0 Å². The van der Waals surface area contributed by atoms with Gasteiger partial charge in [0.25, 0.3) is 0 Å². The molecule has 188 valence electrons. The summed E-state index contributed by atoms with van der Waals surface area (Å²) < 4.78 is 72.9. The summed E-state index contributed by atoms with van der Waals surface area (Å²) in [5, 5.41) is 7.68. The molecule has 1 aliphatic carbocycles. The van der Waals surface area contributed by atoms with E-state index in [2.05, 4.69) is 24.6 Å². The lowest BCUT2D eigenvalue weighted by atomic mass is 9.91. The molecule has 12 heteroatoms. The molecule has 1 aliphatic rings. The molecule has 4 rings (SSSR count). The first-order valence-corrected chi connectivity index (χ1v) is 12.8. The summed E-state index contributed by atoms with van der Waals surface area (Å²) in [5.74, 6) is -0.137. The van der Waals surface area contributed by atoms with Crippen LogP contribution in [-0.2, 0) is 16.4 Å². The summed E-state index contributed by atoms with van der Waals surface area (Å²) in [6.45, 7) is 0.451. The quantitative estimate of drug-likeness (QED) is 0.486. The molecule has 1 aromatic carbocycles. The molecule has 35 heavy (non-hydrogen) atoms. The lowest BCUT2D eigenvalue weighted by molar-refractivity contribution is -0.154. The van der Waals surface area contributed by atoms with E-state index >= 15 is 0 Å². The third kappa shape index (κ3) is 6.37. The number of sulfonamides is 1. The van der Waals surface area contributed by atoms with Gasteiger partial charge in [-0.1, -0.05) is 13.0 Å². The molecule has 0 spiro atoms. The van der Waals surface area contributed by atoms with E-state index in [1.807, 2.05) is 11.5 Å². The minimum atomic E-state index is -4.44. The summed E-state index contributed by atoms with van der Waals surface area (Å²) in [5.41, 5.74) is 1.99. The van der Waals surface area contributed by atoms with Crippen LogP contribution in [0.5, 0.6) is 5.88 Å². The topological polar surface area (TPSA) is 99.0 Å². The average Bonchev–Trinajstić information content (AvgIpc) is 3.37. The first kappa shape index (κ1) is 25.1. The molecule has 1 saturated carbocycles. The van der Waals surface area contributed by atoms with E-state index in [1.165, 1.54) is 12.3 Å². The van der Waals surface area contributed by atoms with Gasteiger partial charge >= 0.3 is 6.18 Å². The number of hydrogen-bond acceptors (Lipinski definition) is 6. The number of benzene rings is 1. The summed E-state index contributed by atoms with van der Waals surface area (Å²) >= 11 is 0. The van der Waals surface area contributed by atoms with Gasteiger partial charge in [-0.3, -0.25) is 0 Å². The van der Waals surface area contributed by atoms with Crippen LogP contribution < -0.4 is 9.46 Å². The molecule has 0 unspecified atom stereocenters. The number of ether oxygens (including phenoxy) is 1. The number of pyridine rings is 1. The zero-order valence-electron chi connectivity index (χ0n) is 19.1. The number of halogens is 3. The largest absolute Gasteiger partial charge is 0.468 e. The smallest absolute Gasteiger partial charge is 0.422 e. The second kappa shape index (κ2) is 10.3. The highest BCUT2D eigenvalue weighted by Crippen LogP contribution is 2.31. The van der Waals surface area contributed by atoms with Crippen LogP contribution in [0, 0.1) is 0 Å². The fraction of sp³-hybridized carbons (Fsp3) is 0.435. The lowest BCUT2D eigenvalue weighted by Gasteiger charge is -2.30. The van der Waals surface area contributed by atoms with Crippen LogP contribution in [0.4, 0.5) is 13.2 Å². The molecule has 0 aliphatic heterocycles. The van der Waals surface area contributed by atoms with Crippen LogP contribution in [0.3, 0.4) is 0 Å². The summed E-state index contributed by atoms with van der Waals surface area (Å²) in [6.07, 6.45) is 4.00. The van der Waals surface area contributed by atoms with Crippen molar-refractivity contribution in [3.8, 4) is 17.0 Å². The maximum Gasteiger partial charge on any atom is 0.422 e. The molecular formula is C23H26F3N5O3S. The van der Waals surface area contributed by atoms with E-state index in [-0.39, 0.29) is 22.9 Å². The van der Waals surface area contributed by atoms with E-state index in [4.69, 9.17) is 0 Å². The van der Waals surface area contributed by atoms with Crippen LogP contribution in [0.25, 0.3) is 11.1 Å². The first-order valence-electron chi connectivity index (χ1n) is 11.3. The second-order valence-corrected chi connectivity index (χ2v) is 10.2. The number of aryl methyl sites for hydroxylation is 1. The molecule has 3 aromatic rings. The van der Waals surface area contributed by atoms with Crippen molar-refractivity contribution in [1.29, 1.82) is 0 Å². The highest BCUT2D eigenvalue weighted by molar-refractivity contribution is 7.89. The Morgan fingerprint density at radius 2 is 1.86 bits per heavy atom. The summed E-state index contributed by atoms with van der Waals surface area (Å²) in [7, 11) is -3.75. The van der Waals surface area contributed by atoms with E-state index in [9.17, 15) is 21.6 Å². The van der Waals surface area contributed by atoms with Crippen molar-refractivity contribution in [2.24, 2.45) is 0 Å². The van der Waals surface area contributed by atoms with Gasteiger partial charge in [-0.05, 0) is 61.4 Å². The van der Waals surface area contributed by atoms with Crippen molar-refractivity contribution < 1.29 is 26.3 Å². The molecule has 0 amide bonds. The van der Waals surface area contributed by atoms with Gasteiger partial charge in [-0.2, -0.15) is 13.2 Å². The zero-order chi connectivity index (χ0) is 25.1. The molecule has 2 heterocycles. The number of rotatable bonds is 8. The highest BCUT2D eigenvalue weighted by atomic mass is 32.2. The van der Waals surface area contributed by atoms with Crippen molar-refractivity contribution in [1.82, 2.24) is 24.5 Å². The molecule has 1 N–H and O–H groups in total.